The topological polar surface area (TPSA) is 44.1 Å². The van der Waals surface area contributed by atoms with E-state index >= 15 is 0 Å². The number of ether oxygens (including phenoxy) is 1. The van der Waals surface area contributed by atoms with Crippen molar-refractivity contribution in [1.82, 2.24) is 9.55 Å². The molecule has 0 aliphatic rings. The summed E-state index contributed by atoms with van der Waals surface area (Å²) in [4.78, 5) is 15.6. The fourth-order valence-corrected chi connectivity index (χ4v) is 2.52. The molecule has 0 saturated heterocycles. The second-order valence-corrected chi connectivity index (χ2v) is 5.50. The molecule has 26 heavy (non-hydrogen) atoms. The zero-order valence-electron chi connectivity index (χ0n) is 13.6. The molecule has 0 aliphatic carbocycles. The van der Waals surface area contributed by atoms with E-state index < -0.39 is 24.5 Å². The summed E-state index contributed by atoms with van der Waals surface area (Å²) >= 11 is 0. The number of nitrogens with zero attached hydrogens (tertiary/aromatic N) is 2. The van der Waals surface area contributed by atoms with E-state index in [0.717, 1.165) is 10.1 Å². The van der Waals surface area contributed by atoms with Crippen LogP contribution in [-0.4, -0.2) is 22.1 Å². The van der Waals surface area contributed by atoms with Crippen LogP contribution in [0.1, 0.15) is 11.4 Å². The molecule has 0 aliphatic heterocycles. The Balaban J connectivity index is 1.70. The summed E-state index contributed by atoms with van der Waals surface area (Å²) < 4.78 is 45.4. The molecule has 1 heterocycles. The quantitative estimate of drug-likeness (QED) is 0.637. The normalized spacial score (nSPS) is 12.0. The first kappa shape index (κ1) is 17.7. The number of para-hydroxylation sites is 2. The molecule has 0 fully saturated rings. The van der Waals surface area contributed by atoms with Gasteiger partial charge in [-0.15, -0.1) is 0 Å². The number of hydrogen-bond donors (Lipinski definition) is 0. The highest BCUT2D eigenvalue weighted by Gasteiger charge is 2.38. The van der Waals surface area contributed by atoms with E-state index in [2.05, 4.69) is 4.98 Å². The average molecular weight is 360 g/mol. The number of fused-ring (bicyclic) bond motifs is 1. The molecule has 0 bridgehead atoms. The van der Waals surface area contributed by atoms with Gasteiger partial charge in [0.1, 0.15) is 13.2 Å². The molecular formula is C19H15F3N2O2. The Kier molecular flexibility index (Phi) is 5.06. The molecule has 0 amide bonds. The molecule has 7 heteroatoms. The van der Waals surface area contributed by atoms with Gasteiger partial charge in [0.25, 0.3) is 0 Å². The maximum atomic E-state index is 13.2. The SMILES string of the molecule is O=C(Cn1c(C(F)(F)F)nc2ccccc21)OCC=Cc1ccccc1. The molecule has 3 aromatic rings. The van der Waals surface area contributed by atoms with Gasteiger partial charge in [0, 0.05) is 0 Å². The summed E-state index contributed by atoms with van der Waals surface area (Å²) in [6.07, 6.45) is -1.27. The lowest BCUT2D eigenvalue weighted by Gasteiger charge is -2.10. The van der Waals surface area contributed by atoms with Gasteiger partial charge in [0.05, 0.1) is 11.0 Å². The van der Waals surface area contributed by atoms with Crippen LogP contribution in [0.2, 0.25) is 0 Å². The van der Waals surface area contributed by atoms with Crippen molar-refractivity contribution in [2.24, 2.45) is 0 Å². The monoisotopic (exact) mass is 360 g/mol. The number of benzene rings is 2. The molecule has 2 aromatic carbocycles. The number of esters is 1. The summed E-state index contributed by atoms with van der Waals surface area (Å²) in [5, 5.41) is 0. The van der Waals surface area contributed by atoms with Gasteiger partial charge in [-0.1, -0.05) is 48.5 Å². The molecule has 3 rings (SSSR count). The van der Waals surface area contributed by atoms with Crippen LogP contribution >= 0.6 is 0 Å². The van der Waals surface area contributed by atoms with E-state index in [1.54, 1.807) is 24.3 Å². The standard InChI is InChI=1S/C19H15F3N2O2/c20-19(21,22)18-23-15-10-4-5-11-16(15)24(18)13-17(25)26-12-6-9-14-7-2-1-3-8-14/h1-11H,12-13H2. The van der Waals surface area contributed by atoms with Crippen LogP contribution in [0.4, 0.5) is 13.2 Å². The predicted octanol–water partition coefficient (Wildman–Crippen LogP) is 4.31. The van der Waals surface area contributed by atoms with Crippen molar-refractivity contribution in [3.8, 4) is 0 Å². The van der Waals surface area contributed by atoms with Crippen LogP contribution in [-0.2, 0) is 22.3 Å². The Morgan fingerprint density at radius 2 is 1.77 bits per heavy atom. The third-order valence-electron chi connectivity index (χ3n) is 3.65. The maximum Gasteiger partial charge on any atom is 0.449 e. The van der Waals surface area contributed by atoms with Gasteiger partial charge in [0.15, 0.2) is 0 Å². The molecule has 0 spiro atoms. The minimum absolute atomic E-state index is 0.0261. The van der Waals surface area contributed by atoms with Gasteiger partial charge in [-0.3, -0.25) is 4.79 Å². The van der Waals surface area contributed by atoms with Crippen molar-refractivity contribution in [3.05, 3.63) is 72.1 Å². The van der Waals surface area contributed by atoms with E-state index in [9.17, 15) is 18.0 Å². The van der Waals surface area contributed by atoms with Crippen LogP contribution < -0.4 is 0 Å². The Bertz CT molecular complexity index is 931. The zero-order valence-corrected chi connectivity index (χ0v) is 13.6. The lowest BCUT2D eigenvalue weighted by atomic mass is 10.2. The summed E-state index contributed by atoms with van der Waals surface area (Å²) in [7, 11) is 0. The van der Waals surface area contributed by atoms with Crippen LogP contribution in [0.15, 0.2) is 60.7 Å². The molecule has 1 aromatic heterocycles. The van der Waals surface area contributed by atoms with Crippen LogP contribution in [0.3, 0.4) is 0 Å². The average Bonchev–Trinajstić information content (AvgIpc) is 2.99. The van der Waals surface area contributed by atoms with Gasteiger partial charge >= 0.3 is 12.1 Å². The second-order valence-electron chi connectivity index (χ2n) is 5.50. The molecule has 0 N–H and O–H groups in total. The van der Waals surface area contributed by atoms with E-state index in [1.165, 1.54) is 12.1 Å². The van der Waals surface area contributed by atoms with Crippen molar-refractivity contribution in [2.75, 3.05) is 6.61 Å². The van der Waals surface area contributed by atoms with Crippen LogP contribution in [0.5, 0.6) is 0 Å². The third-order valence-corrected chi connectivity index (χ3v) is 3.65. The second kappa shape index (κ2) is 7.43. The van der Waals surface area contributed by atoms with E-state index in [1.807, 2.05) is 30.3 Å². The highest BCUT2D eigenvalue weighted by molar-refractivity contribution is 5.79. The summed E-state index contributed by atoms with van der Waals surface area (Å²) in [6, 6.07) is 15.5. The number of halogens is 3. The lowest BCUT2D eigenvalue weighted by Crippen LogP contribution is -2.20. The highest BCUT2D eigenvalue weighted by Crippen LogP contribution is 2.31. The number of rotatable bonds is 5. The number of alkyl halides is 3. The van der Waals surface area contributed by atoms with Gasteiger partial charge in [0.2, 0.25) is 5.82 Å². The molecule has 134 valence electrons. The Hall–Kier alpha value is -3.09. The smallest absolute Gasteiger partial charge is 0.449 e. The van der Waals surface area contributed by atoms with Crippen LogP contribution in [0, 0.1) is 0 Å². The number of hydrogen-bond acceptors (Lipinski definition) is 3. The minimum Gasteiger partial charge on any atom is -0.460 e. The largest absolute Gasteiger partial charge is 0.460 e. The van der Waals surface area contributed by atoms with Crippen molar-refractivity contribution < 1.29 is 22.7 Å². The zero-order chi connectivity index (χ0) is 18.6. The fraction of sp³-hybridized carbons (Fsp3) is 0.158. The lowest BCUT2D eigenvalue weighted by molar-refractivity contribution is -0.150. The van der Waals surface area contributed by atoms with Gasteiger partial charge in [-0.2, -0.15) is 13.2 Å². The third kappa shape index (κ3) is 4.11. The van der Waals surface area contributed by atoms with Crippen molar-refractivity contribution in [3.63, 3.8) is 0 Å². The first-order valence-corrected chi connectivity index (χ1v) is 7.85. The number of imidazole rings is 1. The number of carbonyl (C=O) groups is 1. The first-order valence-electron chi connectivity index (χ1n) is 7.85. The van der Waals surface area contributed by atoms with Crippen molar-refractivity contribution >= 4 is 23.1 Å². The highest BCUT2D eigenvalue weighted by atomic mass is 19.4. The fourth-order valence-electron chi connectivity index (χ4n) is 2.52. The number of aromatic nitrogens is 2. The van der Waals surface area contributed by atoms with Crippen LogP contribution in [0.25, 0.3) is 17.1 Å². The first-order chi connectivity index (χ1) is 12.4. The molecule has 0 unspecified atom stereocenters. The molecule has 0 radical (unpaired) electrons. The van der Waals surface area contributed by atoms with Gasteiger partial charge in [-0.05, 0) is 23.8 Å². The predicted molar refractivity (Wildman–Crippen MR) is 91.2 cm³/mol. The Morgan fingerprint density at radius 3 is 2.50 bits per heavy atom. The van der Waals surface area contributed by atoms with Gasteiger partial charge in [-0.25, -0.2) is 4.98 Å². The van der Waals surface area contributed by atoms with Crippen molar-refractivity contribution in [1.29, 1.82) is 0 Å². The maximum absolute atomic E-state index is 13.2. The molecule has 4 nitrogen and oxygen atoms in total. The van der Waals surface area contributed by atoms with Crippen molar-refractivity contribution in [2.45, 2.75) is 12.7 Å². The van der Waals surface area contributed by atoms with Gasteiger partial charge < -0.3 is 9.30 Å². The minimum atomic E-state index is -4.66. The Labute approximate surface area is 147 Å². The van der Waals surface area contributed by atoms with E-state index in [-0.39, 0.29) is 17.6 Å². The molecule has 0 saturated carbocycles. The summed E-state index contributed by atoms with van der Waals surface area (Å²) in [5.41, 5.74) is 1.34. The molecule has 0 atom stereocenters. The number of carbonyl (C=O) groups excluding carboxylic acids is 1. The van der Waals surface area contributed by atoms with E-state index in [4.69, 9.17) is 4.74 Å². The summed E-state index contributed by atoms with van der Waals surface area (Å²) in [6.45, 7) is -0.587. The Morgan fingerprint density at radius 1 is 1.08 bits per heavy atom. The molecular weight excluding hydrogens is 345 g/mol. The van der Waals surface area contributed by atoms with E-state index in [0.29, 0.717) is 0 Å². The summed E-state index contributed by atoms with van der Waals surface area (Å²) in [5.74, 6) is -1.88.